The van der Waals surface area contributed by atoms with E-state index < -0.39 is 5.97 Å². The fourth-order valence-corrected chi connectivity index (χ4v) is 1.75. The second kappa shape index (κ2) is 3.83. The lowest BCUT2D eigenvalue weighted by atomic mass is 10.0. The molecule has 1 heterocycles. The second-order valence-corrected chi connectivity index (χ2v) is 3.24. The van der Waals surface area contributed by atoms with E-state index in [4.69, 9.17) is 9.29 Å². The quantitative estimate of drug-likeness (QED) is 0.618. The molecule has 1 aliphatic heterocycles. The van der Waals surface area contributed by atoms with Crippen molar-refractivity contribution in [2.45, 2.75) is 12.8 Å². The Hall–Kier alpha value is -0.220. The molecule has 4 heteroatoms. The third-order valence-electron chi connectivity index (χ3n) is 1.46. The molecule has 1 aliphatic rings. The van der Waals surface area contributed by atoms with Crippen molar-refractivity contribution >= 4 is 18.0 Å². The Balaban J connectivity index is 2.19. The van der Waals surface area contributed by atoms with Crippen molar-refractivity contribution in [3.05, 3.63) is 0 Å². The summed E-state index contributed by atoms with van der Waals surface area (Å²) in [7, 11) is 0. The summed E-state index contributed by atoms with van der Waals surface area (Å²) in [6, 6.07) is 0. The van der Waals surface area contributed by atoms with Crippen molar-refractivity contribution in [1.29, 1.82) is 0 Å². The van der Waals surface area contributed by atoms with Crippen LogP contribution in [0.1, 0.15) is 12.8 Å². The molecule has 1 fully saturated rings. The molecule has 0 amide bonds. The molecule has 58 valence electrons. The van der Waals surface area contributed by atoms with Gasteiger partial charge in [-0.25, -0.2) is 0 Å². The zero-order valence-corrected chi connectivity index (χ0v) is 6.39. The maximum Gasteiger partial charge on any atom is 0.303 e. The van der Waals surface area contributed by atoms with Crippen LogP contribution < -0.4 is 0 Å². The van der Waals surface area contributed by atoms with Gasteiger partial charge in [0.1, 0.15) is 0 Å². The maximum absolute atomic E-state index is 10.2. The zero-order valence-electron chi connectivity index (χ0n) is 5.58. The highest BCUT2D eigenvalue weighted by Gasteiger charge is 2.17. The standard InChI is InChI=1S/C6H10O3S/c7-6(8)3-5-1-2-10-9-4-5/h5H,1-4H2,(H,7,8). The van der Waals surface area contributed by atoms with Gasteiger partial charge in [-0.1, -0.05) is 0 Å². The van der Waals surface area contributed by atoms with Crippen LogP contribution >= 0.6 is 12.0 Å². The van der Waals surface area contributed by atoms with Crippen molar-refractivity contribution < 1.29 is 14.1 Å². The number of hydrogen-bond acceptors (Lipinski definition) is 3. The van der Waals surface area contributed by atoms with Gasteiger partial charge in [-0.3, -0.25) is 4.79 Å². The Morgan fingerprint density at radius 3 is 3.10 bits per heavy atom. The molecule has 0 aromatic heterocycles. The molecular formula is C6H10O3S. The number of carboxylic acid groups (broad SMARTS) is 1. The third-order valence-corrected chi connectivity index (χ3v) is 2.16. The molecule has 0 aromatic carbocycles. The van der Waals surface area contributed by atoms with Crippen molar-refractivity contribution in [3.63, 3.8) is 0 Å². The van der Waals surface area contributed by atoms with Crippen LogP contribution in [0.15, 0.2) is 0 Å². The van der Waals surface area contributed by atoms with E-state index in [1.165, 1.54) is 12.0 Å². The van der Waals surface area contributed by atoms with Crippen molar-refractivity contribution in [1.82, 2.24) is 0 Å². The third kappa shape index (κ3) is 2.58. The lowest BCUT2D eigenvalue weighted by Gasteiger charge is -2.18. The number of carbonyl (C=O) groups is 1. The van der Waals surface area contributed by atoms with Crippen molar-refractivity contribution in [2.75, 3.05) is 12.4 Å². The summed E-state index contributed by atoms with van der Waals surface area (Å²) < 4.78 is 5.04. The van der Waals surface area contributed by atoms with E-state index >= 15 is 0 Å². The van der Waals surface area contributed by atoms with Gasteiger partial charge in [-0.05, 0) is 24.4 Å². The second-order valence-electron chi connectivity index (χ2n) is 2.36. The fraction of sp³-hybridized carbons (Fsp3) is 0.833. The summed E-state index contributed by atoms with van der Waals surface area (Å²) in [4.78, 5) is 10.2. The molecule has 1 rings (SSSR count). The van der Waals surface area contributed by atoms with Gasteiger partial charge in [0.2, 0.25) is 0 Å². The van der Waals surface area contributed by atoms with Crippen molar-refractivity contribution in [3.8, 4) is 0 Å². The van der Waals surface area contributed by atoms with Crippen LogP contribution in [-0.2, 0) is 8.98 Å². The number of aliphatic carboxylic acids is 1. The predicted molar refractivity (Wildman–Crippen MR) is 38.8 cm³/mol. The normalized spacial score (nSPS) is 26.2. The molecule has 0 radical (unpaired) electrons. The number of hydrogen-bond donors (Lipinski definition) is 1. The van der Waals surface area contributed by atoms with E-state index in [9.17, 15) is 4.79 Å². The molecule has 1 atom stereocenters. The van der Waals surface area contributed by atoms with E-state index in [1.807, 2.05) is 0 Å². The van der Waals surface area contributed by atoms with Crippen LogP contribution in [0, 0.1) is 5.92 Å². The van der Waals surface area contributed by atoms with Gasteiger partial charge in [-0.15, -0.1) is 0 Å². The molecule has 0 aromatic rings. The minimum Gasteiger partial charge on any atom is -0.481 e. The predicted octanol–water partition coefficient (Wildman–Crippen LogP) is 1.15. The molecule has 10 heavy (non-hydrogen) atoms. The SMILES string of the molecule is O=C(O)CC1CCSOC1. The van der Waals surface area contributed by atoms with Gasteiger partial charge in [-0.2, -0.15) is 0 Å². The molecule has 1 saturated heterocycles. The van der Waals surface area contributed by atoms with Gasteiger partial charge in [0.25, 0.3) is 0 Å². The number of rotatable bonds is 2. The maximum atomic E-state index is 10.2. The van der Waals surface area contributed by atoms with E-state index in [-0.39, 0.29) is 12.3 Å². The molecule has 0 spiro atoms. The highest BCUT2D eigenvalue weighted by molar-refractivity contribution is 7.94. The van der Waals surface area contributed by atoms with Gasteiger partial charge in [0, 0.05) is 5.75 Å². The minimum absolute atomic E-state index is 0.235. The summed E-state index contributed by atoms with van der Waals surface area (Å²) in [6.07, 6.45) is 1.22. The monoisotopic (exact) mass is 162 g/mol. The molecule has 0 bridgehead atoms. The average molecular weight is 162 g/mol. The topological polar surface area (TPSA) is 46.5 Å². The van der Waals surface area contributed by atoms with Crippen LogP contribution in [0.5, 0.6) is 0 Å². The van der Waals surface area contributed by atoms with Gasteiger partial charge in [0.05, 0.1) is 13.0 Å². The summed E-state index contributed by atoms with van der Waals surface area (Å²) >= 11 is 1.43. The first kappa shape index (κ1) is 7.88. The lowest BCUT2D eigenvalue weighted by Crippen LogP contribution is -2.17. The van der Waals surface area contributed by atoms with Crippen LogP contribution in [0.2, 0.25) is 0 Å². The summed E-state index contributed by atoms with van der Waals surface area (Å²) in [6.45, 7) is 0.594. The smallest absolute Gasteiger partial charge is 0.303 e. The first-order valence-electron chi connectivity index (χ1n) is 3.25. The van der Waals surface area contributed by atoms with E-state index in [1.54, 1.807) is 0 Å². The molecule has 1 N–H and O–H groups in total. The summed E-state index contributed by atoms with van der Waals surface area (Å²) in [5, 5.41) is 8.40. The highest BCUT2D eigenvalue weighted by atomic mass is 32.2. The molecule has 0 aliphatic carbocycles. The highest BCUT2D eigenvalue weighted by Crippen LogP contribution is 2.21. The number of carboxylic acids is 1. The summed E-state index contributed by atoms with van der Waals surface area (Å²) in [5.74, 6) is 0.442. The first-order chi connectivity index (χ1) is 4.79. The lowest BCUT2D eigenvalue weighted by molar-refractivity contribution is -0.138. The van der Waals surface area contributed by atoms with Crippen molar-refractivity contribution in [2.24, 2.45) is 5.92 Å². The Bertz CT molecular complexity index is 120. The van der Waals surface area contributed by atoms with Crippen LogP contribution in [0.4, 0.5) is 0 Å². The Labute approximate surface area is 64.0 Å². The average Bonchev–Trinajstić information content (AvgIpc) is 1.88. The Morgan fingerprint density at radius 1 is 1.80 bits per heavy atom. The first-order valence-corrected chi connectivity index (χ1v) is 4.16. The fourth-order valence-electron chi connectivity index (χ4n) is 0.909. The van der Waals surface area contributed by atoms with E-state index in [2.05, 4.69) is 0 Å². The Kier molecular flexibility index (Phi) is 3.02. The Morgan fingerprint density at radius 2 is 2.60 bits per heavy atom. The van der Waals surface area contributed by atoms with Gasteiger partial charge < -0.3 is 9.29 Å². The van der Waals surface area contributed by atoms with E-state index in [0.29, 0.717) is 6.61 Å². The largest absolute Gasteiger partial charge is 0.481 e. The minimum atomic E-state index is -0.722. The molecular weight excluding hydrogens is 152 g/mol. The van der Waals surface area contributed by atoms with Gasteiger partial charge in [0.15, 0.2) is 0 Å². The van der Waals surface area contributed by atoms with Crippen LogP contribution in [0.25, 0.3) is 0 Å². The molecule has 3 nitrogen and oxygen atoms in total. The van der Waals surface area contributed by atoms with Crippen LogP contribution in [-0.4, -0.2) is 23.4 Å². The molecule has 1 unspecified atom stereocenters. The summed E-state index contributed by atoms with van der Waals surface area (Å²) in [5.41, 5.74) is 0. The molecule has 0 saturated carbocycles. The van der Waals surface area contributed by atoms with Gasteiger partial charge >= 0.3 is 5.97 Å². The van der Waals surface area contributed by atoms with E-state index in [0.717, 1.165) is 12.2 Å². The van der Waals surface area contributed by atoms with Crippen LogP contribution in [0.3, 0.4) is 0 Å². The zero-order chi connectivity index (χ0) is 7.40.